The number of likely N-dealkylation sites (tertiary alicyclic amines) is 1. The standard InChI is InChI=1S/C15H23N3O2/c1-12(13-3-7-17(2)8-4-13)16-15(20)11-18-9-5-14(19)6-10-18/h5-6,9-10,12-13H,3-4,7-8,11H2,1-2H3,(H,16,20). The van der Waals surface area contributed by atoms with Crippen LogP contribution >= 0.6 is 0 Å². The minimum Gasteiger partial charge on any atom is -0.352 e. The molecule has 1 amide bonds. The maximum atomic E-state index is 12.0. The van der Waals surface area contributed by atoms with Crippen molar-refractivity contribution in [2.24, 2.45) is 5.92 Å². The number of aromatic nitrogens is 1. The van der Waals surface area contributed by atoms with Crippen LogP contribution in [0.3, 0.4) is 0 Å². The number of pyridine rings is 1. The highest BCUT2D eigenvalue weighted by molar-refractivity contribution is 5.76. The van der Waals surface area contributed by atoms with E-state index in [0.29, 0.717) is 5.92 Å². The molecule has 1 unspecified atom stereocenters. The average Bonchev–Trinajstić information content (AvgIpc) is 2.42. The number of hydrogen-bond acceptors (Lipinski definition) is 3. The smallest absolute Gasteiger partial charge is 0.240 e. The van der Waals surface area contributed by atoms with Crippen molar-refractivity contribution < 1.29 is 4.79 Å². The molecule has 1 aromatic heterocycles. The lowest BCUT2D eigenvalue weighted by molar-refractivity contribution is -0.122. The van der Waals surface area contributed by atoms with Crippen molar-refractivity contribution >= 4 is 5.91 Å². The number of rotatable bonds is 4. The molecule has 0 spiro atoms. The fourth-order valence-electron chi connectivity index (χ4n) is 2.66. The molecule has 1 aliphatic rings. The maximum absolute atomic E-state index is 12.0. The second-order valence-electron chi connectivity index (χ2n) is 5.70. The van der Waals surface area contributed by atoms with Crippen molar-refractivity contribution in [2.75, 3.05) is 20.1 Å². The molecule has 20 heavy (non-hydrogen) atoms. The first-order valence-electron chi connectivity index (χ1n) is 7.18. The Balaban J connectivity index is 1.81. The van der Waals surface area contributed by atoms with Crippen LogP contribution in [0.25, 0.3) is 0 Å². The molecule has 1 N–H and O–H groups in total. The van der Waals surface area contributed by atoms with Crippen molar-refractivity contribution in [1.29, 1.82) is 0 Å². The summed E-state index contributed by atoms with van der Waals surface area (Å²) in [5.74, 6) is 0.559. The zero-order chi connectivity index (χ0) is 14.5. The largest absolute Gasteiger partial charge is 0.352 e. The molecule has 1 aliphatic heterocycles. The number of amides is 1. The zero-order valence-electron chi connectivity index (χ0n) is 12.2. The first kappa shape index (κ1) is 14.8. The minimum absolute atomic E-state index is 0.0000713. The van der Waals surface area contributed by atoms with Gasteiger partial charge in [0.05, 0.1) is 0 Å². The molecule has 0 bridgehead atoms. The third-order valence-electron chi connectivity index (χ3n) is 4.05. The van der Waals surface area contributed by atoms with Gasteiger partial charge in [-0.3, -0.25) is 9.59 Å². The van der Waals surface area contributed by atoms with Gasteiger partial charge in [0.1, 0.15) is 6.54 Å². The van der Waals surface area contributed by atoms with Crippen LogP contribution in [0.1, 0.15) is 19.8 Å². The summed E-state index contributed by atoms with van der Waals surface area (Å²) in [4.78, 5) is 25.3. The summed E-state index contributed by atoms with van der Waals surface area (Å²) >= 11 is 0. The van der Waals surface area contributed by atoms with Crippen LogP contribution in [0.2, 0.25) is 0 Å². The molecule has 2 heterocycles. The van der Waals surface area contributed by atoms with Gasteiger partial charge in [0.15, 0.2) is 5.43 Å². The molecular weight excluding hydrogens is 254 g/mol. The molecule has 0 radical (unpaired) electrons. The van der Waals surface area contributed by atoms with Gasteiger partial charge < -0.3 is 14.8 Å². The summed E-state index contributed by atoms with van der Waals surface area (Å²) in [6.07, 6.45) is 5.55. The van der Waals surface area contributed by atoms with Crippen LogP contribution in [0.15, 0.2) is 29.3 Å². The number of nitrogens with zero attached hydrogens (tertiary/aromatic N) is 2. The molecule has 5 nitrogen and oxygen atoms in total. The van der Waals surface area contributed by atoms with Crippen LogP contribution in [-0.4, -0.2) is 41.6 Å². The molecule has 2 rings (SSSR count). The number of carbonyl (C=O) groups excluding carboxylic acids is 1. The average molecular weight is 277 g/mol. The molecule has 1 fully saturated rings. The van der Waals surface area contributed by atoms with Gasteiger partial charge in [-0.25, -0.2) is 0 Å². The molecule has 0 saturated carbocycles. The van der Waals surface area contributed by atoms with E-state index in [1.807, 2.05) is 0 Å². The number of nitrogens with one attached hydrogen (secondary N) is 1. The van der Waals surface area contributed by atoms with Crippen LogP contribution < -0.4 is 10.7 Å². The van der Waals surface area contributed by atoms with E-state index >= 15 is 0 Å². The lowest BCUT2D eigenvalue weighted by Gasteiger charge is -2.33. The van der Waals surface area contributed by atoms with Gasteiger partial charge in [-0.15, -0.1) is 0 Å². The Labute approximate surface area is 119 Å². The van der Waals surface area contributed by atoms with Gasteiger partial charge in [0.25, 0.3) is 0 Å². The van der Waals surface area contributed by atoms with Crippen molar-refractivity contribution in [3.05, 3.63) is 34.7 Å². The summed E-state index contributed by atoms with van der Waals surface area (Å²) in [6.45, 7) is 4.55. The summed E-state index contributed by atoms with van der Waals surface area (Å²) in [6, 6.07) is 3.14. The van der Waals surface area contributed by atoms with Crippen molar-refractivity contribution in [3.8, 4) is 0 Å². The predicted molar refractivity (Wildman–Crippen MR) is 78.5 cm³/mol. The Hall–Kier alpha value is -1.62. The summed E-state index contributed by atoms with van der Waals surface area (Å²) in [7, 11) is 2.13. The maximum Gasteiger partial charge on any atom is 0.240 e. The van der Waals surface area contributed by atoms with Crippen LogP contribution in [0.4, 0.5) is 0 Å². The van der Waals surface area contributed by atoms with E-state index in [0.717, 1.165) is 25.9 Å². The highest BCUT2D eigenvalue weighted by Gasteiger charge is 2.23. The number of piperidine rings is 1. The van der Waals surface area contributed by atoms with Gasteiger partial charge in [-0.2, -0.15) is 0 Å². The Kier molecular flexibility index (Phi) is 4.95. The van der Waals surface area contributed by atoms with Crippen molar-refractivity contribution in [1.82, 2.24) is 14.8 Å². The lowest BCUT2D eigenvalue weighted by Crippen LogP contribution is -2.44. The molecule has 110 valence electrons. The first-order valence-corrected chi connectivity index (χ1v) is 7.18. The first-order chi connectivity index (χ1) is 9.54. The van der Waals surface area contributed by atoms with Crippen LogP contribution in [0.5, 0.6) is 0 Å². The third kappa shape index (κ3) is 4.20. The van der Waals surface area contributed by atoms with E-state index in [1.165, 1.54) is 12.1 Å². The van der Waals surface area contributed by atoms with Gasteiger partial charge in [-0.1, -0.05) is 0 Å². The number of hydrogen-bond donors (Lipinski definition) is 1. The van der Waals surface area contributed by atoms with Crippen LogP contribution in [0, 0.1) is 5.92 Å². The molecule has 1 aromatic rings. The molecule has 1 saturated heterocycles. The molecule has 1 atom stereocenters. The minimum atomic E-state index is -0.0404. The predicted octanol–water partition coefficient (Wildman–Crippen LogP) is 0.695. The van der Waals surface area contributed by atoms with Gasteiger partial charge in [0.2, 0.25) is 5.91 Å². The highest BCUT2D eigenvalue weighted by atomic mass is 16.2. The van der Waals surface area contributed by atoms with Gasteiger partial charge in [0, 0.05) is 30.6 Å². The topological polar surface area (TPSA) is 54.3 Å². The second kappa shape index (κ2) is 6.70. The van der Waals surface area contributed by atoms with E-state index in [2.05, 4.69) is 24.2 Å². The normalized spacial score (nSPS) is 18.7. The van der Waals surface area contributed by atoms with Gasteiger partial charge in [-0.05, 0) is 45.8 Å². The lowest BCUT2D eigenvalue weighted by atomic mass is 9.90. The molecule has 0 aromatic carbocycles. The second-order valence-corrected chi connectivity index (χ2v) is 5.70. The molecule has 5 heteroatoms. The van der Waals surface area contributed by atoms with Crippen LogP contribution in [-0.2, 0) is 11.3 Å². The Bertz CT molecular complexity index is 484. The van der Waals surface area contributed by atoms with Crippen molar-refractivity contribution in [2.45, 2.75) is 32.4 Å². The van der Waals surface area contributed by atoms with Gasteiger partial charge >= 0.3 is 0 Å². The Morgan fingerprint density at radius 1 is 1.35 bits per heavy atom. The SMILES string of the molecule is CC(NC(=O)Cn1ccc(=O)cc1)C1CCN(C)CC1. The van der Waals surface area contributed by atoms with E-state index in [4.69, 9.17) is 0 Å². The number of carbonyl (C=O) groups is 1. The monoisotopic (exact) mass is 277 g/mol. The Morgan fingerprint density at radius 2 is 1.95 bits per heavy atom. The summed E-state index contributed by atoms with van der Waals surface area (Å²) in [5.41, 5.74) is -0.0404. The quantitative estimate of drug-likeness (QED) is 0.881. The Morgan fingerprint density at radius 3 is 2.55 bits per heavy atom. The van der Waals surface area contributed by atoms with E-state index in [-0.39, 0.29) is 23.9 Å². The van der Waals surface area contributed by atoms with E-state index in [9.17, 15) is 9.59 Å². The summed E-state index contributed by atoms with van der Waals surface area (Å²) in [5, 5.41) is 3.07. The summed E-state index contributed by atoms with van der Waals surface area (Å²) < 4.78 is 1.72. The third-order valence-corrected chi connectivity index (χ3v) is 4.05. The van der Waals surface area contributed by atoms with Crippen molar-refractivity contribution in [3.63, 3.8) is 0 Å². The zero-order valence-corrected chi connectivity index (χ0v) is 12.2. The fraction of sp³-hybridized carbons (Fsp3) is 0.600. The highest BCUT2D eigenvalue weighted by Crippen LogP contribution is 2.19. The fourth-order valence-corrected chi connectivity index (χ4v) is 2.66. The van der Waals surface area contributed by atoms with E-state index < -0.39 is 0 Å². The molecule has 0 aliphatic carbocycles. The molecular formula is C15H23N3O2. The van der Waals surface area contributed by atoms with E-state index in [1.54, 1.807) is 17.0 Å².